The number of H-pyrrole nitrogens is 1. The summed E-state index contributed by atoms with van der Waals surface area (Å²) in [5.74, 6) is 1.33. The zero-order chi connectivity index (χ0) is 18.4. The van der Waals surface area contributed by atoms with Crippen LogP contribution >= 0.6 is 0 Å². The summed E-state index contributed by atoms with van der Waals surface area (Å²) in [5, 5.41) is 0. The van der Waals surface area contributed by atoms with Gasteiger partial charge >= 0.3 is 5.69 Å². The molecule has 1 fully saturated rings. The lowest BCUT2D eigenvalue weighted by Crippen LogP contribution is -2.42. The fourth-order valence-corrected chi connectivity index (χ4v) is 3.80. The maximum absolute atomic E-state index is 12.6. The molecule has 0 aromatic carbocycles. The zero-order valence-electron chi connectivity index (χ0n) is 16.0. The van der Waals surface area contributed by atoms with Gasteiger partial charge in [-0.3, -0.25) is 14.3 Å². The number of aromatic amines is 1. The molecule has 0 bridgehead atoms. The van der Waals surface area contributed by atoms with E-state index in [-0.39, 0.29) is 5.56 Å². The molecule has 1 aliphatic carbocycles. The van der Waals surface area contributed by atoms with Gasteiger partial charge in [0.25, 0.3) is 5.56 Å². The fourth-order valence-electron chi connectivity index (χ4n) is 3.80. The Labute approximate surface area is 150 Å². The third kappa shape index (κ3) is 5.13. The molecule has 25 heavy (non-hydrogen) atoms. The van der Waals surface area contributed by atoms with E-state index in [0.717, 1.165) is 25.9 Å². The first-order valence-corrected chi connectivity index (χ1v) is 9.81. The van der Waals surface area contributed by atoms with Gasteiger partial charge in [-0.25, -0.2) is 4.79 Å². The quantitative estimate of drug-likeness (QED) is 0.755. The topological polar surface area (TPSA) is 84.1 Å². The largest absolute Gasteiger partial charge is 0.383 e. The molecule has 1 saturated carbocycles. The first-order chi connectivity index (χ1) is 11.9. The summed E-state index contributed by atoms with van der Waals surface area (Å²) in [6, 6.07) is 0. The molecule has 2 rings (SSSR count). The van der Waals surface area contributed by atoms with Gasteiger partial charge in [0.05, 0.1) is 0 Å². The number of nitrogens with one attached hydrogen (secondary N) is 1. The smallest absolute Gasteiger partial charge is 0.330 e. The Morgan fingerprint density at radius 1 is 1.24 bits per heavy atom. The third-order valence-corrected chi connectivity index (χ3v) is 5.05. The van der Waals surface area contributed by atoms with Crippen LogP contribution in [0.5, 0.6) is 0 Å². The lowest BCUT2D eigenvalue weighted by Gasteiger charge is -2.33. The molecule has 0 aliphatic heterocycles. The molecule has 0 atom stereocenters. The van der Waals surface area contributed by atoms with Crippen LogP contribution in [-0.2, 0) is 6.54 Å². The lowest BCUT2D eigenvalue weighted by molar-refractivity contribution is 0.354. The van der Waals surface area contributed by atoms with Crippen LogP contribution in [0.3, 0.4) is 0 Å². The van der Waals surface area contributed by atoms with Crippen molar-refractivity contribution in [3.8, 4) is 0 Å². The highest BCUT2D eigenvalue weighted by Gasteiger charge is 2.23. The number of nitrogens with zero attached hydrogens (tertiary/aromatic N) is 2. The highest BCUT2D eigenvalue weighted by molar-refractivity contribution is 5.62. The number of anilines is 2. The number of unbranched alkanes of at least 4 members (excludes halogenated alkanes) is 1. The molecule has 1 aromatic rings. The van der Waals surface area contributed by atoms with Crippen molar-refractivity contribution in [1.29, 1.82) is 0 Å². The second-order valence-corrected chi connectivity index (χ2v) is 7.80. The SMILES string of the molecule is CCCCn1c(N)c(N(CC(C)C)CC2CCCCC2)c(=O)[nH]c1=O. The predicted octanol–water partition coefficient (Wildman–Crippen LogP) is 2.96. The van der Waals surface area contributed by atoms with E-state index >= 15 is 0 Å². The monoisotopic (exact) mass is 350 g/mol. The van der Waals surface area contributed by atoms with Crippen LogP contribution in [0.15, 0.2) is 9.59 Å². The molecule has 142 valence electrons. The van der Waals surface area contributed by atoms with Crippen molar-refractivity contribution >= 4 is 11.5 Å². The van der Waals surface area contributed by atoms with Crippen molar-refractivity contribution in [2.75, 3.05) is 23.7 Å². The zero-order valence-corrected chi connectivity index (χ0v) is 16.0. The highest BCUT2D eigenvalue weighted by Crippen LogP contribution is 2.27. The lowest BCUT2D eigenvalue weighted by atomic mass is 9.88. The van der Waals surface area contributed by atoms with Crippen molar-refractivity contribution < 1.29 is 0 Å². The average Bonchev–Trinajstić information content (AvgIpc) is 2.54. The molecule has 0 amide bonds. The Morgan fingerprint density at radius 2 is 1.92 bits per heavy atom. The first kappa shape index (κ1) is 19.6. The Kier molecular flexibility index (Phi) is 7.14. The number of aromatic nitrogens is 2. The minimum atomic E-state index is -0.401. The predicted molar refractivity (Wildman–Crippen MR) is 104 cm³/mol. The number of hydrogen-bond donors (Lipinski definition) is 2. The standard InChI is InChI=1S/C19H34N4O2/c1-4-5-11-23-17(20)16(18(24)21-19(23)25)22(12-14(2)3)13-15-9-7-6-8-10-15/h14-15H,4-13,20H2,1-3H3,(H,21,24,25). The number of nitrogens with two attached hydrogens (primary N) is 1. The van der Waals surface area contributed by atoms with E-state index in [4.69, 9.17) is 5.73 Å². The second-order valence-electron chi connectivity index (χ2n) is 7.80. The second kappa shape index (κ2) is 9.11. The minimum absolute atomic E-state index is 0.318. The van der Waals surface area contributed by atoms with Crippen molar-refractivity contribution in [1.82, 2.24) is 9.55 Å². The van der Waals surface area contributed by atoms with Crippen molar-refractivity contribution in [2.45, 2.75) is 72.3 Å². The molecular weight excluding hydrogens is 316 g/mol. The van der Waals surface area contributed by atoms with Crippen molar-refractivity contribution in [3.63, 3.8) is 0 Å². The van der Waals surface area contributed by atoms with Crippen LogP contribution in [0, 0.1) is 11.8 Å². The van der Waals surface area contributed by atoms with Crippen LogP contribution in [-0.4, -0.2) is 22.6 Å². The van der Waals surface area contributed by atoms with Crippen LogP contribution in [0.1, 0.15) is 65.7 Å². The molecule has 6 heteroatoms. The Hall–Kier alpha value is -1.72. The molecule has 3 N–H and O–H groups in total. The Balaban J connectivity index is 2.37. The van der Waals surface area contributed by atoms with Gasteiger partial charge in [0, 0.05) is 19.6 Å². The van der Waals surface area contributed by atoms with Gasteiger partial charge in [-0.2, -0.15) is 0 Å². The average molecular weight is 351 g/mol. The highest BCUT2D eigenvalue weighted by atomic mass is 16.2. The van der Waals surface area contributed by atoms with E-state index in [1.807, 2.05) is 0 Å². The summed E-state index contributed by atoms with van der Waals surface area (Å²) < 4.78 is 1.52. The Bertz CT molecular complexity index is 656. The molecule has 0 radical (unpaired) electrons. The summed E-state index contributed by atoms with van der Waals surface area (Å²) in [5.41, 5.74) is 6.03. The summed E-state index contributed by atoms with van der Waals surface area (Å²) in [7, 11) is 0. The van der Waals surface area contributed by atoms with E-state index in [1.165, 1.54) is 36.7 Å². The van der Waals surface area contributed by atoms with Gasteiger partial charge in [-0.1, -0.05) is 46.5 Å². The van der Waals surface area contributed by atoms with Gasteiger partial charge < -0.3 is 10.6 Å². The maximum atomic E-state index is 12.6. The maximum Gasteiger partial charge on any atom is 0.330 e. The third-order valence-electron chi connectivity index (χ3n) is 5.05. The Morgan fingerprint density at radius 3 is 2.52 bits per heavy atom. The summed E-state index contributed by atoms with van der Waals surface area (Å²) in [6.07, 6.45) is 8.10. The van der Waals surface area contributed by atoms with Crippen molar-refractivity contribution in [3.05, 3.63) is 20.8 Å². The fraction of sp³-hybridized carbons (Fsp3) is 0.789. The van der Waals surface area contributed by atoms with Gasteiger partial charge in [0.1, 0.15) is 11.5 Å². The molecule has 0 spiro atoms. The molecule has 1 aliphatic rings. The minimum Gasteiger partial charge on any atom is -0.383 e. The molecular formula is C19H34N4O2. The first-order valence-electron chi connectivity index (χ1n) is 9.81. The number of nitrogen functional groups attached to an aromatic ring is 1. The van der Waals surface area contributed by atoms with Gasteiger partial charge in [0.15, 0.2) is 0 Å². The van der Waals surface area contributed by atoms with Gasteiger partial charge in [-0.05, 0) is 31.1 Å². The number of hydrogen-bond acceptors (Lipinski definition) is 4. The van der Waals surface area contributed by atoms with Crippen molar-refractivity contribution in [2.24, 2.45) is 11.8 Å². The van der Waals surface area contributed by atoms with Crippen LogP contribution in [0.25, 0.3) is 0 Å². The van der Waals surface area contributed by atoms with Crippen LogP contribution in [0.4, 0.5) is 11.5 Å². The van der Waals surface area contributed by atoms with Gasteiger partial charge in [0.2, 0.25) is 0 Å². The molecule has 0 unspecified atom stereocenters. The molecule has 1 heterocycles. The molecule has 1 aromatic heterocycles. The summed E-state index contributed by atoms with van der Waals surface area (Å²) in [4.78, 5) is 29.3. The summed E-state index contributed by atoms with van der Waals surface area (Å²) >= 11 is 0. The summed E-state index contributed by atoms with van der Waals surface area (Å²) in [6.45, 7) is 8.52. The van der Waals surface area contributed by atoms with Gasteiger partial charge in [-0.15, -0.1) is 0 Å². The molecule has 6 nitrogen and oxygen atoms in total. The van der Waals surface area contributed by atoms with E-state index in [0.29, 0.717) is 29.9 Å². The van der Waals surface area contributed by atoms with Crippen LogP contribution in [0.2, 0.25) is 0 Å². The van der Waals surface area contributed by atoms with E-state index in [9.17, 15) is 9.59 Å². The van der Waals surface area contributed by atoms with E-state index in [1.54, 1.807) is 0 Å². The molecule has 0 saturated heterocycles. The normalized spacial score (nSPS) is 15.7. The van der Waals surface area contributed by atoms with Crippen LogP contribution < -0.4 is 21.9 Å². The van der Waals surface area contributed by atoms with E-state index < -0.39 is 5.69 Å². The number of rotatable bonds is 8. The van der Waals surface area contributed by atoms with E-state index in [2.05, 4.69) is 30.7 Å².